The van der Waals surface area contributed by atoms with Crippen molar-refractivity contribution in [1.82, 2.24) is 9.88 Å². The van der Waals surface area contributed by atoms with E-state index in [0.29, 0.717) is 17.8 Å². The first kappa shape index (κ1) is 12.6. The van der Waals surface area contributed by atoms with Crippen LogP contribution >= 0.6 is 11.6 Å². The first-order chi connectivity index (χ1) is 9.11. The maximum absolute atomic E-state index is 10.8. The molecule has 19 heavy (non-hydrogen) atoms. The molecule has 0 amide bonds. The van der Waals surface area contributed by atoms with Gasteiger partial charge in [0.15, 0.2) is 0 Å². The highest BCUT2D eigenvalue weighted by Gasteiger charge is 2.34. The third-order valence-electron chi connectivity index (χ3n) is 3.98. The lowest BCUT2D eigenvalue weighted by Crippen LogP contribution is -2.53. The third-order valence-corrected chi connectivity index (χ3v) is 4.17. The number of nitrogens with zero attached hydrogens (tertiary/aromatic N) is 3. The van der Waals surface area contributed by atoms with E-state index in [1.54, 1.807) is 0 Å². The van der Waals surface area contributed by atoms with Crippen LogP contribution in [0.5, 0.6) is 0 Å². The number of hydrogen-bond donors (Lipinski definition) is 1. The van der Waals surface area contributed by atoms with E-state index in [2.05, 4.69) is 15.2 Å². The van der Waals surface area contributed by atoms with Crippen molar-refractivity contribution >= 4 is 23.1 Å². The van der Waals surface area contributed by atoms with Crippen molar-refractivity contribution in [2.75, 3.05) is 25.0 Å². The van der Waals surface area contributed by atoms with Crippen molar-refractivity contribution < 1.29 is 4.92 Å². The normalized spacial score (nSPS) is 29.2. The van der Waals surface area contributed by atoms with Crippen molar-refractivity contribution in [1.29, 1.82) is 0 Å². The maximum Gasteiger partial charge on any atom is 0.276 e. The largest absolute Gasteiger partial charge is 0.366 e. The molecular formula is C12H15ClN4O2. The second-order valence-electron chi connectivity index (χ2n) is 5.18. The molecule has 3 aliphatic heterocycles. The molecule has 4 rings (SSSR count). The Morgan fingerprint density at radius 2 is 2.16 bits per heavy atom. The quantitative estimate of drug-likeness (QED) is 0.522. The van der Waals surface area contributed by atoms with Crippen molar-refractivity contribution in [2.45, 2.75) is 18.9 Å². The molecule has 0 saturated carbocycles. The van der Waals surface area contributed by atoms with Crippen molar-refractivity contribution in [3.63, 3.8) is 0 Å². The number of piperidine rings is 3. The topological polar surface area (TPSA) is 71.3 Å². The average molecular weight is 283 g/mol. The van der Waals surface area contributed by atoms with Gasteiger partial charge in [0.25, 0.3) is 5.69 Å². The zero-order valence-electron chi connectivity index (χ0n) is 10.4. The van der Waals surface area contributed by atoms with Gasteiger partial charge in [0.2, 0.25) is 0 Å². The van der Waals surface area contributed by atoms with Gasteiger partial charge < -0.3 is 10.2 Å². The molecule has 3 fully saturated rings. The Bertz CT molecular complexity index is 503. The summed E-state index contributed by atoms with van der Waals surface area (Å²) >= 11 is 5.82. The molecule has 3 aliphatic rings. The molecule has 1 aromatic rings. The molecule has 4 heterocycles. The van der Waals surface area contributed by atoms with Gasteiger partial charge in [-0.3, -0.25) is 10.1 Å². The van der Waals surface area contributed by atoms with Gasteiger partial charge in [-0.1, -0.05) is 11.6 Å². The first-order valence-corrected chi connectivity index (χ1v) is 6.80. The second-order valence-corrected chi connectivity index (χ2v) is 5.57. The molecule has 1 atom stereocenters. The third kappa shape index (κ3) is 2.64. The average Bonchev–Trinajstić information content (AvgIpc) is 2.39. The van der Waals surface area contributed by atoms with E-state index in [4.69, 9.17) is 11.6 Å². The monoisotopic (exact) mass is 282 g/mol. The van der Waals surface area contributed by atoms with Crippen LogP contribution in [0.2, 0.25) is 5.15 Å². The summed E-state index contributed by atoms with van der Waals surface area (Å²) in [5.74, 6) is 1.13. The lowest BCUT2D eigenvalue weighted by molar-refractivity contribution is -0.384. The van der Waals surface area contributed by atoms with Gasteiger partial charge in [0.1, 0.15) is 11.0 Å². The van der Waals surface area contributed by atoms with Gasteiger partial charge in [0, 0.05) is 12.6 Å². The van der Waals surface area contributed by atoms with Crippen molar-refractivity contribution in [3.8, 4) is 0 Å². The van der Waals surface area contributed by atoms with E-state index in [-0.39, 0.29) is 10.8 Å². The summed E-state index contributed by atoms with van der Waals surface area (Å²) in [5, 5.41) is 14.3. The second kappa shape index (κ2) is 4.94. The van der Waals surface area contributed by atoms with Crippen LogP contribution in [0, 0.1) is 16.0 Å². The summed E-state index contributed by atoms with van der Waals surface area (Å²) in [6, 6.07) is 3.03. The molecule has 2 bridgehead atoms. The maximum atomic E-state index is 10.8. The number of fused-ring (bicyclic) bond motifs is 3. The van der Waals surface area contributed by atoms with Crippen LogP contribution in [0.15, 0.2) is 12.1 Å². The first-order valence-electron chi connectivity index (χ1n) is 6.43. The summed E-state index contributed by atoms with van der Waals surface area (Å²) in [6.07, 6.45) is 2.36. The number of hydrogen-bond acceptors (Lipinski definition) is 5. The Labute approximate surface area is 115 Å². The van der Waals surface area contributed by atoms with Gasteiger partial charge in [-0.15, -0.1) is 0 Å². The molecule has 102 valence electrons. The number of nitrogens with one attached hydrogen (secondary N) is 1. The van der Waals surface area contributed by atoms with Crippen LogP contribution in [0.3, 0.4) is 0 Å². The summed E-state index contributed by atoms with van der Waals surface area (Å²) in [4.78, 5) is 16.9. The van der Waals surface area contributed by atoms with Crippen LogP contribution in [0.4, 0.5) is 11.5 Å². The molecule has 0 aromatic carbocycles. The summed E-state index contributed by atoms with van der Waals surface area (Å²) in [5.41, 5.74) is -0.0243. The number of pyridine rings is 1. The Morgan fingerprint density at radius 3 is 2.74 bits per heavy atom. The number of halogens is 1. The SMILES string of the molecule is O=[N+]([O-])c1cc(Cl)nc(NC2CN3CCC2CC3)c1. The van der Waals surface area contributed by atoms with Gasteiger partial charge in [-0.2, -0.15) is 0 Å². The molecule has 1 aromatic heterocycles. The molecule has 0 radical (unpaired) electrons. The highest BCUT2D eigenvalue weighted by molar-refractivity contribution is 6.29. The molecule has 7 heteroatoms. The summed E-state index contributed by atoms with van der Waals surface area (Å²) in [7, 11) is 0. The zero-order chi connectivity index (χ0) is 13.4. The predicted octanol–water partition coefficient (Wildman–Crippen LogP) is 2.15. The number of rotatable bonds is 3. The molecule has 1 unspecified atom stereocenters. The van der Waals surface area contributed by atoms with E-state index in [9.17, 15) is 10.1 Å². The van der Waals surface area contributed by atoms with Gasteiger partial charge in [-0.25, -0.2) is 4.98 Å². The molecule has 0 spiro atoms. The Morgan fingerprint density at radius 1 is 1.42 bits per heavy atom. The van der Waals surface area contributed by atoms with E-state index < -0.39 is 4.92 Å². The highest BCUT2D eigenvalue weighted by atomic mass is 35.5. The molecule has 3 saturated heterocycles. The molecule has 6 nitrogen and oxygen atoms in total. The van der Waals surface area contributed by atoms with E-state index in [1.165, 1.54) is 25.0 Å². The lowest BCUT2D eigenvalue weighted by atomic mass is 9.84. The zero-order valence-corrected chi connectivity index (χ0v) is 11.1. The Hall–Kier alpha value is -1.40. The Kier molecular flexibility index (Phi) is 3.28. The Balaban J connectivity index is 1.78. The lowest BCUT2D eigenvalue weighted by Gasteiger charge is -2.45. The van der Waals surface area contributed by atoms with Gasteiger partial charge in [0.05, 0.1) is 17.1 Å². The minimum atomic E-state index is -0.449. The van der Waals surface area contributed by atoms with Crippen LogP contribution in [0.25, 0.3) is 0 Å². The van der Waals surface area contributed by atoms with Crippen LogP contribution in [-0.2, 0) is 0 Å². The molecular weight excluding hydrogens is 268 g/mol. The summed E-state index contributed by atoms with van der Waals surface area (Å²) < 4.78 is 0. The summed E-state index contributed by atoms with van der Waals surface area (Å²) in [6.45, 7) is 3.30. The fourth-order valence-electron chi connectivity index (χ4n) is 2.98. The minimum Gasteiger partial charge on any atom is -0.366 e. The fraction of sp³-hybridized carbons (Fsp3) is 0.583. The van der Waals surface area contributed by atoms with Crippen LogP contribution in [-0.4, -0.2) is 40.5 Å². The van der Waals surface area contributed by atoms with Gasteiger partial charge in [-0.05, 0) is 31.8 Å². The standard InChI is InChI=1S/C12H15ClN4O2/c13-11-5-9(17(18)19)6-12(15-11)14-10-7-16-3-1-8(10)2-4-16/h5-6,8,10H,1-4,7H2,(H,14,15). The van der Waals surface area contributed by atoms with Crippen molar-refractivity contribution in [2.24, 2.45) is 5.92 Å². The smallest absolute Gasteiger partial charge is 0.276 e. The minimum absolute atomic E-state index is 0.0243. The van der Waals surface area contributed by atoms with E-state index >= 15 is 0 Å². The van der Waals surface area contributed by atoms with E-state index in [0.717, 1.165) is 19.6 Å². The number of anilines is 1. The van der Waals surface area contributed by atoms with Crippen LogP contribution in [0.1, 0.15) is 12.8 Å². The predicted molar refractivity (Wildman–Crippen MR) is 72.5 cm³/mol. The van der Waals surface area contributed by atoms with E-state index in [1.807, 2.05) is 0 Å². The fourth-order valence-corrected chi connectivity index (χ4v) is 3.18. The van der Waals surface area contributed by atoms with Crippen molar-refractivity contribution in [3.05, 3.63) is 27.4 Å². The molecule has 1 N–H and O–H groups in total. The highest BCUT2D eigenvalue weighted by Crippen LogP contribution is 2.30. The van der Waals surface area contributed by atoms with Gasteiger partial charge >= 0.3 is 0 Å². The number of aromatic nitrogens is 1. The number of nitro groups is 1. The molecule has 0 aliphatic carbocycles. The van der Waals surface area contributed by atoms with Crippen LogP contribution < -0.4 is 5.32 Å².